The van der Waals surface area contributed by atoms with Crippen LogP contribution in [0.15, 0.2) is 6.20 Å². The quantitative estimate of drug-likeness (QED) is 0.820. The molecule has 0 aliphatic rings. The molecule has 5 heteroatoms. The predicted molar refractivity (Wildman–Crippen MR) is 69.1 cm³/mol. The van der Waals surface area contributed by atoms with Crippen molar-refractivity contribution in [2.24, 2.45) is 5.92 Å². The van der Waals surface area contributed by atoms with Crippen LogP contribution in [0.2, 0.25) is 4.34 Å². The Morgan fingerprint density at radius 1 is 1.56 bits per heavy atom. The van der Waals surface area contributed by atoms with Gasteiger partial charge in [-0.1, -0.05) is 25.4 Å². The molecule has 0 spiro atoms. The van der Waals surface area contributed by atoms with Crippen LogP contribution in [-0.4, -0.2) is 24.2 Å². The molecule has 1 aromatic rings. The smallest absolute Gasteiger partial charge is 0.113 e. The minimum absolute atomic E-state index is 0.364. The number of nitrogens with one attached hydrogen (secondary N) is 1. The second kappa shape index (κ2) is 7.22. The van der Waals surface area contributed by atoms with Gasteiger partial charge in [0.05, 0.1) is 12.8 Å². The first-order valence-electron chi connectivity index (χ1n) is 5.54. The second-order valence-corrected chi connectivity index (χ2v) is 5.70. The lowest BCUT2D eigenvalue weighted by atomic mass is 10.1. The second-order valence-electron chi connectivity index (χ2n) is 3.95. The Hall–Kier alpha value is -0.160. The highest BCUT2D eigenvalue weighted by atomic mass is 35.5. The third kappa shape index (κ3) is 4.78. The fraction of sp³-hybridized carbons (Fsp3) is 0.727. The Kier molecular flexibility index (Phi) is 6.28. The molecule has 0 fully saturated rings. The monoisotopic (exact) mass is 262 g/mol. The van der Waals surface area contributed by atoms with E-state index in [1.807, 2.05) is 6.92 Å². The van der Waals surface area contributed by atoms with Crippen LogP contribution in [0.5, 0.6) is 0 Å². The molecule has 0 aliphatic heterocycles. The Morgan fingerprint density at radius 3 is 2.81 bits per heavy atom. The zero-order chi connectivity index (χ0) is 12.0. The maximum absolute atomic E-state index is 5.83. The first-order chi connectivity index (χ1) is 7.63. The van der Waals surface area contributed by atoms with Gasteiger partial charge in [-0.25, -0.2) is 4.98 Å². The van der Waals surface area contributed by atoms with E-state index in [9.17, 15) is 0 Å². The van der Waals surface area contributed by atoms with Gasteiger partial charge in [-0.05, 0) is 12.8 Å². The van der Waals surface area contributed by atoms with Crippen LogP contribution in [0.3, 0.4) is 0 Å². The molecule has 0 aliphatic carbocycles. The van der Waals surface area contributed by atoms with E-state index in [1.54, 1.807) is 6.20 Å². The molecule has 1 atom stereocenters. The highest BCUT2D eigenvalue weighted by Crippen LogP contribution is 2.18. The van der Waals surface area contributed by atoms with E-state index in [1.165, 1.54) is 11.3 Å². The number of thiazole rings is 1. The van der Waals surface area contributed by atoms with Gasteiger partial charge >= 0.3 is 0 Å². The number of hydrogen-bond acceptors (Lipinski definition) is 4. The van der Waals surface area contributed by atoms with Gasteiger partial charge in [-0.2, -0.15) is 0 Å². The molecular formula is C11H19ClN2OS. The summed E-state index contributed by atoms with van der Waals surface area (Å²) in [7, 11) is 0. The Bertz CT molecular complexity index is 304. The largest absolute Gasteiger partial charge is 0.380 e. The van der Waals surface area contributed by atoms with E-state index in [0.29, 0.717) is 12.0 Å². The van der Waals surface area contributed by atoms with Crippen LogP contribution < -0.4 is 5.32 Å². The number of halogens is 1. The van der Waals surface area contributed by atoms with Crippen LogP contribution in [0, 0.1) is 5.92 Å². The van der Waals surface area contributed by atoms with Crippen molar-refractivity contribution >= 4 is 22.9 Å². The van der Waals surface area contributed by atoms with Gasteiger partial charge in [0.25, 0.3) is 0 Å². The third-order valence-electron chi connectivity index (χ3n) is 2.35. The van der Waals surface area contributed by atoms with Crippen LogP contribution in [0.4, 0.5) is 0 Å². The first-order valence-corrected chi connectivity index (χ1v) is 6.74. The zero-order valence-electron chi connectivity index (χ0n) is 10.00. The molecule has 1 rings (SSSR count). The van der Waals surface area contributed by atoms with Crippen LogP contribution in [0.25, 0.3) is 0 Å². The molecule has 1 unspecified atom stereocenters. The lowest BCUT2D eigenvalue weighted by Crippen LogP contribution is -2.37. The molecule has 0 saturated carbocycles. The van der Waals surface area contributed by atoms with Crippen molar-refractivity contribution in [3.63, 3.8) is 0 Å². The molecule has 1 heterocycles. The van der Waals surface area contributed by atoms with E-state index in [0.717, 1.165) is 29.1 Å². The van der Waals surface area contributed by atoms with Crippen molar-refractivity contribution in [2.45, 2.75) is 33.4 Å². The van der Waals surface area contributed by atoms with E-state index >= 15 is 0 Å². The molecule has 0 aromatic carbocycles. The summed E-state index contributed by atoms with van der Waals surface area (Å²) < 4.78 is 6.18. The molecule has 0 saturated heterocycles. The van der Waals surface area contributed by atoms with Crippen molar-refractivity contribution in [3.8, 4) is 0 Å². The summed E-state index contributed by atoms with van der Waals surface area (Å²) in [4.78, 5) is 4.21. The number of aromatic nitrogens is 1. The van der Waals surface area contributed by atoms with Gasteiger partial charge in [0.2, 0.25) is 0 Å². The Morgan fingerprint density at radius 2 is 2.31 bits per heavy atom. The summed E-state index contributed by atoms with van der Waals surface area (Å²) in [5.74, 6) is 0.544. The van der Waals surface area contributed by atoms with E-state index in [2.05, 4.69) is 24.1 Å². The van der Waals surface area contributed by atoms with Gasteiger partial charge < -0.3 is 10.1 Å². The molecule has 3 nitrogen and oxygen atoms in total. The van der Waals surface area contributed by atoms with E-state index in [4.69, 9.17) is 16.3 Å². The van der Waals surface area contributed by atoms with Gasteiger partial charge in [-0.3, -0.25) is 0 Å². The number of nitrogens with zero attached hydrogens (tertiary/aromatic N) is 1. The average molecular weight is 263 g/mol. The fourth-order valence-corrected chi connectivity index (χ4v) is 2.23. The summed E-state index contributed by atoms with van der Waals surface area (Å²) in [6.07, 6.45) is 1.69. The summed E-state index contributed by atoms with van der Waals surface area (Å²) in [6.45, 7) is 8.64. The maximum atomic E-state index is 5.83. The third-order valence-corrected chi connectivity index (χ3v) is 3.46. The van der Waals surface area contributed by atoms with Crippen molar-refractivity contribution < 1.29 is 4.74 Å². The van der Waals surface area contributed by atoms with Gasteiger partial charge in [0.1, 0.15) is 9.34 Å². The fourth-order valence-electron chi connectivity index (χ4n) is 1.32. The normalized spacial score (nSPS) is 13.3. The highest BCUT2D eigenvalue weighted by Gasteiger charge is 2.13. The number of ether oxygens (including phenoxy) is 1. The van der Waals surface area contributed by atoms with Gasteiger partial charge in [0, 0.05) is 19.2 Å². The van der Waals surface area contributed by atoms with Crippen LogP contribution in [-0.2, 0) is 11.3 Å². The van der Waals surface area contributed by atoms with Crippen molar-refractivity contribution in [2.75, 3.05) is 13.2 Å². The molecule has 1 aromatic heterocycles. The maximum Gasteiger partial charge on any atom is 0.113 e. The minimum atomic E-state index is 0.364. The van der Waals surface area contributed by atoms with E-state index < -0.39 is 0 Å². The molecule has 1 N–H and O–H groups in total. The standard InChI is InChI=1S/C11H19ClN2OS/c1-4-15-7-9(8(2)3)13-6-11-14-5-10(12)16-11/h5,8-9,13H,4,6-7H2,1-3H3. The summed E-state index contributed by atoms with van der Waals surface area (Å²) >= 11 is 7.34. The summed E-state index contributed by atoms with van der Waals surface area (Å²) in [5.41, 5.74) is 0. The number of rotatable bonds is 7. The molecule has 92 valence electrons. The zero-order valence-corrected chi connectivity index (χ0v) is 11.6. The summed E-state index contributed by atoms with van der Waals surface area (Å²) in [6, 6.07) is 0.364. The molecule has 0 radical (unpaired) electrons. The Labute approximate surface area is 106 Å². The van der Waals surface area contributed by atoms with Gasteiger partial charge in [0.15, 0.2) is 0 Å². The van der Waals surface area contributed by atoms with Crippen LogP contribution in [0.1, 0.15) is 25.8 Å². The molecule has 16 heavy (non-hydrogen) atoms. The Balaban J connectivity index is 2.37. The van der Waals surface area contributed by atoms with E-state index in [-0.39, 0.29) is 0 Å². The van der Waals surface area contributed by atoms with Crippen LogP contribution >= 0.6 is 22.9 Å². The minimum Gasteiger partial charge on any atom is -0.380 e. The molecule has 0 amide bonds. The van der Waals surface area contributed by atoms with Crippen molar-refractivity contribution in [3.05, 3.63) is 15.5 Å². The average Bonchev–Trinajstić information content (AvgIpc) is 2.64. The predicted octanol–water partition coefficient (Wildman–Crippen LogP) is 2.95. The molecule has 0 bridgehead atoms. The first kappa shape index (κ1) is 13.9. The SMILES string of the molecule is CCOCC(NCc1ncc(Cl)s1)C(C)C. The lowest BCUT2D eigenvalue weighted by Gasteiger charge is -2.21. The van der Waals surface area contributed by atoms with Crippen molar-refractivity contribution in [1.82, 2.24) is 10.3 Å². The van der Waals surface area contributed by atoms with Crippen molar-refractivity contribution in [1.29, 1.82) is 0 Å². The van der Waals surface area contributed by atoms with Gasteiger partial charge in [-0.15, -0.1) is 11.3 Å². The topological polar surface area (TPSA) is 34.1 Å². The highest BCUT2D eigenvalue weighted by molar-refractivity contribution is 7.15. The summed E-state index contributed by atoms with van der Waals surface area (Å²) in [5, 5.41) is 4.47. The lowest BCUT2D eigenvalue weighted by molar-refractivity contribution is 0.108. The number of hydrogen-bond donors (Lipinski definition) is 1. The molecular weight excluding hydrogens is 244 g/mol.